The van der Waals surface area contributed by atoms with Crippen LogP contribution in [0.4, 0.5) is 4.39 Å². The minimum absolute atomic E-state index is 0.107. The Balaban J connectivity index is 2.93. The molecule has 0 heterocycles. The second-order valence-corrected chi connectivity index (χ2v) is 6.61. The molecule has 0 saturated heterocycles. The molecule has 0 bridgehead atoms. The van der Waals surface area contributed by atoms with Crippen LogP contribution in [0.25, 0.3) is 0 Å². The number of rotatable bonds is 6. The van der Waals surface area contributed by atoms with Crippen molar-refractivity contribution < 1.29 is 12.8 Å². The highest BCUT2D eigenvalue weighted by molar-refractivity contribution is 7.89. The normalized spacial score (nSPS) is 12.7. The van der Waals surface area contributed by atoms with Crippen molar-refractivity contribution in [3.05, 3.63) is 29.0 Å². The molecule has 0 aliphatic carbocycles. The van der Waals surface area contributed by atoms with E-state index in [0.29, 0.717) is 12.8 Å². The highest BCUT2D eigenvalue weighted by Gasteiger charge is 2.25. The van der Waals surface area contributed by atoms with Gasteiger partial charge in [-0.25, -0.2) is 17.5 Å². The Hall–Kier alpha value is -0.690. The molecule has 0 spiro atoms. The van der Waals surface area contributed by atoms with Crippen molar-refractivity contribution in [2.24, 2.45) is 5.73 Å². The molecule has 3 N–H and O–H groups in total. The average molecular weight is 309 g/mol. The summed E-state index contributed by atoms with van der Waals surface area (Å²) in [6.45, 7) is 3.89. The molecule has 0 unspecified atom stereocenters. The molecular weight excluding hydrogens is 291 g/mol. The Bertz CT molecular complexity index is 545. The summed E-state index contributed by atoms with van der Waals surface area (Å²) >= 11 is 5.74. The number of halogens is 2. The molecule has 1 aromatic carbocycles. The van der Waals surface area contributed by atoms with Gasteiger partial charge in [-0.15, -0.1) is 0 Å². The predicted molar refractivity (Wildman–Crippen MR) is 74.1 cm³/mol. The Labute approximate surface area is 118 Å². The molecule has 0 radical (unpaired) electrons. The molecule has 0 aliphatic heterocycles. The van der Waals surface area contributed by atoms with E-state index in [1.165, 1.54) is 0 Å². The third kappa shape index (κ3) is 4.14. The van der Waals surface area contributed by atoms with Gasteiger partial charge in [-0.05, 0) is 31.0 Å². The number of hydrogen-bond acceptors (Lipinski definition) is 3. The van der Waals surface area contributed by atoms with Gasteiger partial charge in [0.15, 0.2) is 0 Å². The van der Waals surface area contributed by atoms with Gasteiger partial charge in [0.05, 0.1) is 5.02 Å². The quantitative estimate of drug-likeness (QED) is 0.847. The first kappa shape index (κ1) is 16.4. The fourth-order valence-electron chi connectivity index (χ4n) is 1.51. The third-order valence-electron chi connectivity index (χ3n) is 3.21. The Morgan fingerprint density at radius 2 is 1.95 bits per heavy atom. The van der Waals surface area contributed by atoms with E-state index in [2.05, 4.69) is 4.72 Å². The minimum atomic E-state index is -3.79. The van der Waals surface area contributed by atoms with Crippen LogP contribution in [-0.2, 0) is 10.0 Å². The Morgan fingerprint density at radius 1 is 1.37 bits per heavy atom. The van der Waals surface area contributed by atoms with Crippen molar-refractivity contribution >= 4 is 21.6 Å². The van der Waals surface area contributed by atoms with E-state index in [-0.39, 0.29) is 16.5 Å². The van der Waals surface area contributed by atoms with Gasteiger partial charge in [-0.2, -0.15) is 0 Å². The van der Waals surface area contributed by atoms with Crippen molar-refractivity contribution in [2.45, 2.75) is 37.1 Å². The van der Waals surface area contributed by atoms with Crippen LogP contribution in [0.1, 0.15) is 26.7 Å². The van der Waals surface area contributed by atoms with Crippen molar-refractivity contribution in [1.82, 2.24) is 4.72 Å². The summed E-state index contributed by atoms with van der Waals surface area (Å²) in [7, 11) is -3.79. The number of hydrogen-bond donors (Lipinski definition) is 2. The maximum atomic E-state index is 12.9. The minimum Gasteiger partial charge on any atom is -0.324 e. The molecule has 0 saturated carbocycles. The summed E-state index contributed by atoms with van der Waals surface area (Å²) in [6, 6.07) is 3.15. The van der Waals surface area contributed by atoms with E-state index in [1.54, 1.807) is 0 Å². The van der Waals surface area contributed by atoms with Gasteiger partial charge in [0.1, 0.15) is 10.7 Å². The van der Waals surface area contributed by atoms with Crippen molar-refractivity contribution in [1.29, 1.82) is 0 Å². The van der Waals surface area contributed by atoms with Crippen LogP contribution in [0.5, 0.6) is 0 Å². The standard InChI is InChI=1S/C12H18ClFN2O2S/c1-3-12(15,4-2)8-16-19(17,18)11-6-5-9(14)7-10(11)13/h5-7,16H,3-4,8,15H2,1-2H3. The highest BCUT2D eigenvalue weighted by Crippen LogP contribution is 2.22. The van der Waals surface area contributed by atoms with E-state index in [1.807, 2.05) is 13.8 Å². The topological polar surface area (TPSA) is 72.2 Å². The lowest BCUT2D eigenvalue weighted by Crippen LogP contribution is -2.49. The van der Waals surface area contributed by atoms with Gasteiger partial charge in [0.2, 0.25) is 10.0 Å². The van der Waals surface area contributed by atoms with Crippen LogP contribution >= 0.6 is 11.6 Å². The maximum absolute atomic E-state index is 12.9. The second kappa shape index (κ2) is 6.17. The summed E-state index contributed by atoms with van der Waals surface area (Å²) in [5, 5.41) is -0.150. The highest BCUT2D eigenvalue weighted by atomic mass is 35.5. The second-order valence-electron chi connectivity index (χ2n) is 4.47. The Morgan fingerprint density at radius 3 is 2.42 bits per heavy atom. The van der Waals surface area contributed by atoms with E-state index in [0.717, 1.165) is 18.2 Å². The van der Waals surface area contributed by atoms with E-state index >= 15 is 0 Å². The lowest BCUT2D eigenvalue weighted by Gasteiger charge is -2.26. The van der Waals surface area contributed by atoms with Crippen LogP contribution in [0, 0.1) is 5.82 Å². The first-order chi connectivity index (χ1) is 8.74. The monoisotopic (exact) mass is 308 g/mol. The van der Waals surface area contributed by atoms with E-state index in [4.69, 9.17) is 17.3 Å². The first-order valence-corrected chi connectivity index (χ1v) is 7.84. The summed E-state index contributed by atoms with van der Waals surface area (Å²) < 4.78 is 39.5. The van der Waals surface area contributed by atoms with Gasteiger partial charge in [-0.1, -0.05) is 25.4 Å². The number of benzene rings is 1. The molecule has 4 nitrogen and oxygen atoms in total. The van der Waals surface area contributed by atoms with Gasteiger partial charge >= 0.3 is 0 Å². The Kier molecular flexibility index (Phi) is 5.32. The fourth-order valence-corrected chi connectivity index (χ4v) is 3.18. The van der Waals surface area contributed by atoms with Crippen LogP contribution in [0.2, 0.25) is 5.02 Å². The van der Waals surface area contributed by atoms with Crippen molar-refractivity contribution in [3.8, 4) is 0 Å². The summed E-state index contributed by atoms with van der Waals surface area (Å²) in [5.74, 6) is -0.584. The lowest BCUT2D eigenvalue weighted by atomic mass is 9.95. The molecule has 0 amide bonds. The van der Waals surface area contributed by atoms with Gasteiger partial charge in [-0.3, -0.25) is 0 Å². The van der Waals surface area contributed by atoms with Gasteiger partial charge < -0.3 is 5.73 Å². The summed E-state index contributed by atoms with van der Waals surface area (Å²) in [6.07, 6.45) is 1.28. The van der Waals surface area contributed by atoms with E-state index in [9.17, 15) is 12.8 Å². The van der Waals surface area contributed by atoms with Crippen molar-refractivity contribution in [3.63, 3.8) is 0 Å². The number of nitrogens with one attached hydrogen (secondary N) is 1. The van der Waals surface area contributed by atoms with Crippen LogP contribution in [-0.4, -0.2) is 20.5 Å². The zero-order valence-electron chi connectivity index (χ0n) is 10.9. The molecule has 0 atom stereocenters. The van der Waals surface area contributed by atoms with Gasteiger partial charge in [0.25, 0.3) is 0 Å². The largest absolute Gasteiger partial charge is 0.324 e. The van der Waals surface area contributed by atoms with Crippen LogP contribution in [0.3, 0.4) is 0 Å². The van der Waals surface area contributed by atoms with Crippen molar-refractivity contribution in [2.75, 3.05) is 6.54 Å². The first-order valence-electron chi connectivity index (χ1n) is 5.97. The lowest BCUT2D eigenvalue weighted by molar-refractivity contribution is 0.392. The average Bonchev–Trinajstić information content (AvgIpc) is 2.35. The molecule has 0 fully saturated rings. The maximum Gasteiger partial charge on any atom is 0.242 e. The van der Waals surface area contributed by atoms with E-state index < -0.39 is 21.4 Å². The third-order valence-corrected chi connectivity index (χ3v) is 5.09. The van der Waals surface area contributed by atoms with Crippen LogP contribution in [0.15, 0.2) is 23.1 Å². The smallest absolute Gasteiger partial charge is 0.242 e. The molecule has 1 aromatic rings. The predicted octanol–water partition coefficient (Wildman–Crippen LogP) is 2.27. The molecule has 19 heavy (non-hydrogen) atoms. The number of sulfonamides is 1. The molecule has 0 aliphatic rings. The number of nitrogens with two attached hydrogens (primary N) is 1. The molecule has 108 valence electrons. The molecule has 0 aromatic heterocycles. The molecular formula is C12H18ClFN2O2S. The zero-order valence-corrected chi connectivity index (χ0v) is 12.5. The molecule has 7 heteroatoms. The molecule has 1 rings (SSSR count). The summed E-state index contributed by atoms with van der Waals surface area (Å²) in [5.41, 5.74) is 5.43. The van der Waals surface area contributed by atoms with Crippen LogP contribution < -0.4 is 10.5 Å². The summed E-state index contributed by atoms with van der Waals surface area (Å²) in [4.78, 5) is -0.148. The fraction of sp³-hybridized carbons (Fsp3) is 0.500. The SMILES string of the molecule is CCC(N)(CC)CNS(=O)(=O)c1ccc(F)cc1Cl. The van der Waals surface area contributed by atoms with Gasteiger partial charge in [0, 0.05) is 12.1 Å². The zero-order chi connectivity index (χ0) is 14.7.